The molecule has 0 aromatic rings. The molecule has 86 valence electrons. The normalized spacial score (nSPS) is 17.1. The first-order valence-electron chi connectivity index (χ1n) is 5.31. The predicted molar refractivity (Wildman–Crippen MR) is 61.5 cm³/mol. The molecule has 0 fully saturated rings. The lowest BCUT2D eigenvalue weighted by Gasteiger charge is -2.29. The van der Waals surface area contributed by atoms with Crippen LogP contribution in [0.25, 0.3) is 0 Å². The molecule has 0 amide bonds. The number of hydrogen-bond donors (Lipinski definition) is 0. The fourth-order valence-corrected chi connectivity index (χ4v) is 1.28. The molecule has 3 nitrogen and oxygen atoms in total. The van der Waals surface area contributed by atoms with Crippen LogP contribution in [0.15, 0.2) is 0 Å². The molecular weight excluding hydrogens is 176 g/mol. The smallest absolute Gasteiger partial charge is 0.104 e. The fourth-order valence-electron chi connectivity index (χ4n) is 1.28. The molecule has 14 heavy (non-hydrogen) atoms. The molecule has 0 N–H and O–H groups in total. The molecule has 3 heteroatoms. The highest BCUT2D eigenvalue weighted by atomic mass is 16.5. The minimum absolute atomic E-state index is 0.331. The van der Waals surface area contributed by atoms with Crippen molar-refractivity contribution >= 4 is 0 Å². The summed E-state index contributed by atoms with van der Waals surface area (Å²) >= 11 is 0. The molecule has 0 bridgehead atoms. The second-order valence-electron chi connectivity index (χ2n) is 5.43. The zero-order valence-corrected chi connectivity index (χ0v) is 10.9. The van der Waals surface area contributed by atoms with Crippen LogP contribution in [0.5, 0.6) is 0 Å². The van der Waals surface area contributed by atoms with Gasteiger partial charge in [0, 0.05) is 6.04 Å². The van der Waals surface area contributed by atoms with E-state index in [4.69, 9.17) is 4.74 Å². The van der Waals surface area contributed by atoms with Gasteiger partial charge in [0.15, 0.2) is 0 Å². The van der Waals surface area contributed by atoms with Crippen LogP contribution < -0.4 is 0 Å². The summed E-state index contributed by atoms with van der Waals surface area (Å²) in [4.78, 5) is 2.18. The predicted octanol–water partition coefficient (Wildman–Crippen LogP) is 1.05. The SMILES string of the molecule is CC(C[N+](C)(C)C)OCC(C)N(C)C. The number of rotatable bonds is 6. The largest absolute Gasteiger partial charge is 0.371 e. The van der Waals surface area contributed by atoms with Crippen LogP contribution in [0.3, 0.4) is 0 Å². The molecular formula is C11H27N2O+. The van der Waals surface area contributed by atoms with Crippen molar-refractivity contribution in [1.82, 2.24) is 4.90 Å². The van der Waals surface area contributed by atoms with E-state index in [0.717, 1.165) is 17.6 Å². The molecule has 0 rings (SSSR count). The average molecular weight is 203 g/mol. The number of likely N-dealkylation sites (N-methyl/N-ethyl adjacent to an activating group) is 2. The summed E-state index contributed by atoms with van der Waals surface area (Å²) in [5, 5.41) is 0. The first-order chi connectivity index (χ1) is 6.22. The van der Waals surface area contributed by atoms with Crippen LogP contribution in [-0.2, 0) is 4.74 Å². The van der Waals surface area contributed by atoms with E-state index in [1.807, 2.05) is 0 Å². The Morgan fingerprint density at radius 2 is 1.64 bits per heavy atom. The fraction of sp³-hybridized carbons (Fsp3) is 1.00. The highest BCUT2D eigenvalue weighted by Gasteiger charge is 2.15. The zero-order valence-electron chi connectivity index (χ0n) is 10.9. The minimum Gasteiger partial charge on any atom is -0.371 e. The van der Waals surface area contributed by atoms with Gasteiger partial charge in [0.1, 0.15) is 12.6 Å². The lowest BCUT2D eigenvalue weighted by molar-refractivity contribution is -0.873. The maximum atomic E-state index is 5.78. The molecule has 0 aliphatic carbocycles. The van der Waals surface area contributed by atoms with Crippen molar-refractivity contribution in [1.29, 1.82) is 0 Å². The summed E-state index contributed by atoms with van der Waals surface area (Å²) in [7, 11) is 10.7. The Morgan fingerprint density at radius 1 is 1.14 bits per heavy atom. The van der Waals surface area contributed by atoms with E-state index in [1.54, 1.807) is 0 Å². The van der Waals surface area contributed by atoms with Crippen molar-refractivity contribution in [2.75, 3.05) is 48.4 Å². The molecule has 0 aromatic carbocycles. The first-order valence-corrected chi connectivity index (χ1v) is 5.31. The van der Waals surface area contributed by atoms with Gasteiger partial charge >= 0.3 is 0 Å². The van der Waals surface area contributed by atoms with Gasteiger partial charge in [-0.05, 0) is 27.9 Å². The van der Waals surface area contributed by atoms with E-state index in [2.05, 4.69) is 54.0 Å². The van der Waals surface area contributed by atoms with Gasteiger partial charge in [-0.2, -0.15) is 0 Å². The lowest BCUT2D eigenvalue weighted by Crippen LogP contribution is -2.42. The quantitative estimate of drug-likeness (QED) is 0.598. The van der Waals surface area contributed by atoms with Crippen molar-refractivity contribution in [2.24, 2.45) is 0 Å². The molecule has 2 unspecified atom stereocenters. The van der Waals surface area contributed by atoms with Crippen molar-refractivity contribution in [3.8, 4) is 0 Å². The molecule has 0 saturated carbocycles. The van der Waals surface area contributed by atoms with Crippen LogP contribution in [0.2, 0.25) is 0 Å². The maximum absolute atomic E-state index is 5.78. The van der Waals surface area contributed by atoms with Gasteiger partial charge in [-0.25, -0.2) is 0 Å². The summed E-state index contributed by atoms with van der Waals surface area (Å²) in [5.74, 6) is 0. The molecule has 0 radical (unpaired) electrons. The first kappa shape index (κ1) is 13.9. The second kappa shape index (κ2) is 5.69. The maximum Gasteiger partial charge on any atom is 0.104 e. The van der Waals surface area contributed by atoms with Crippen LogP contribution in [0.1, 0.15) is 13.8 Å². The second-order valence-corrected chi connectivity index (χ2v) is 5.43. The Morgan fingerprint density at radius 3 is 2.00 bits per heavy atom. The summed E-state index contributed by atoms with van der Waals surface area (Å²) in [6.45, 7) is 6.19. The van der Waals surface area contributed by atoms with Gasteiger partial charge in [0.05, 0.1) is 27.7 Å². The van der Waals surface area contributed by atoms with Crippen molar-refractivity contribution < 1.29 is 9.22 Å². The van der Waals surface area contributed by atoms with Crippen LogP contribution in [-0.4, -0.2) is 69.9 Å². The highest BCUT2D eigenvalue weighted by Crippen LogP contribution is 2.01. The van der Waals surface area contributed by atoms with Crippen LogP contribution in [0, 0.1) is 0 Å². The third kappa shape index (κ3) is 7.30. The van der Waals surface area contributed by atoms with Gasteiger partial charge in [0.25, 0.3) is 0 Å². The van der Waals surface area contributed by atoms with Gasteiger partial charge in [0.2, 0.25) is 0 Å². The third-order valence-electron chi connectivity index (χ3n) is 2.31. The third-order valence-corrected chi connectivity index (χ3v) is 2.31. The van der Waals surface area contributed by atoms with E-state index < -0.39 is 0 Å². The molecule has 0 spiro atoms. The Kier molecular flexibility index (Phi) is 5.64. The van der Waals surface area contributed by atoms with Crippen molar-refractivity contribution in [2.45, 2.75) is 26.0 Å². The Labute approximate surface area is 89.2 Å². The van der Waals surface area contributed by atoms with Crippen LogP contribution >= 0.6 is 0 Å². The molecule has 0 aromatic heterocycles. The summed E-state index contributed by atoms with van der Waals surface area (Å²) < 4.78 is 6.74. The standard InChI is InChI=1S/C11H27N2O/c1-10(12(3)4)9-14-11(2)8-13(5,6)7/h10-11H,8-9H2,1-7H3/q+1. The lowest BCUT2D eigenvalue weighted by atomic mass is 10.3. The monoisotopic (exact) mass is 203 g/mol. The molecule has 0 aliphatic rings. The Hall–Kier alpha value is -0.120. The van der Waals surface area contributed by atoms with E-state index in [1.165, 1.54) is 0 Å². The molecule has 2 atom stereocenters. The van der Waals surface area contributed by atoms with Gasteiger partial charge < -0.3 is 14.1 Å². The van der Waals surface area contributed by atoms with Crippen molar-refractivity contribution in [3.05, 3.63) is 0 Å². The van der Waals surface area contributed by atoms with Crippen LogP contribution in [0.4, 0.5) is 0 Å². The van der Waals surface area contributed by atoms with Crippen molar-refractivity contribution in [3.63, 3.8) is 0 Å². The van der Waals surface area contributed by atoms with Gasteiger partial charge in [-0.1, -0.05) is 0 Å². The molecule has 0 heterocycles. The number of ether oxygens (including phenoxy) is 1. The van der Waals surface area contributed by atoms with Gasteiger partial charge in [-0.15, -0.1) is 0 Å². The minimum atomic E-state index is 0.331. The number of nitrogens with zero attached hydrogens (tertiary/aromatic N) is 2. The van der Waals surface area contributed by atoms with E-state index >= 15 is 0 Å². The molecule has 0 aliphatic heterocycles. The Balaban J connectivity index is 3.69. The van der Waals surface area contributed by atoms with E-state index in [9.17, 15) is 0 Å². The summed E-state index contributed by atoms with van der Waals surface area (Å²) in [5.41, 5.74) is 0. The van der Waals surface area contributed by atoms with E-state index in [0.29, 0.717) is 12.1 Å². The van der Waals surface area contributed by atoms with Gasteiger partial charge in [-0.3, -0.25) is 0 Å². The Bertz CT molecular complexity index is 152. The number of quaternary nitrogens is 1. The summed E-state index contributed by atoms with van der Waals surface area (Å²) in [6, 6.07) is 0.491. The molecule has 0 saturated heterocycles. The van der Waals surface area contributed by atoms with E-state index in [-0.39, 0.29) is 0 Å². The zero-order chi connectivity index (χ0) is 11.4. The summed E-state index contributed by atoms with van der Waals surface area (Å²) in [6.07, 6.45) is 0.331. The highest BCUT2D eigenvalue weighted by molar-refractivity contribution is 4.58. The topological polar surface area (TPSA) is 12.5 Å². The number of hydrogen-bond acceptors (Lipinski definition) is 2. The average Bonchev–Trinajstić information content (AvgIpc) is 1.96.